The molecule has 0 saturated heterocycles. The van der Waals surface area contributed by atoms with Crippen LogP contribution < -0.4 is 10.1 Å². The molecule has 122 valence electrons. The first-order valence-electron chi connectivity index (χ1n) is 7.26. The van der Waals surface area contributed by atoms with E-state index in [2.05, 4.69) is 5.32 Å². The Bertz CT molecular complexity index is 757. The number of nitrogens with one attached hydrogen (secondary N) is 1. The Morgan fingerprint density at radius 3 is 2.39 bits per heavy atom. The minimum atomic E-state index is -3.53. The highest BCUT2D eigenvalue weighted by molar-refractivity contribution is 7.91. The fraction of sp³-hybridized carbons (Fsp3) is 0.235. The number of hydrogen-bond donors (Lipinski definition) is 1. The lowest BCUT2D eigenvalue weighted by molar-refractivity contribution is -0.113. The van der Waals surface area contributed by atoms with Crippen molar-refractivity contribution in [1.29, 1.82) is 0 Å². The quantitative estimate of drug-likeness (QED) is 0.845. The van der Waals surface area contributed by atoms with Crippen molar-refractivity contribution < 1.29 is 17.9 Å². The molecule has 5 nitrogen and oxygen atoms in total. The second kappa shape index (κ2) is 7.78. The van der Waals surface area contributed by atoms with Gasteiger partial charge in [-0.2, -0.15) is 0 Å². The van der Waals surface area contributed by atoms with Crippen molar-refractivity contribution in [3.8, 4) is 5.75 Å². The molecule has 23 heavy (non-hydrogen) atoms. The smallest absolute Gasteiger partial charge is 0.239 e. The predicted molar refractivity (Wildman–Crippen MR) is 90.2 cm³/mol. The number of carbonyl (C=O) groups excluding carboxylic acids is 1. The molecule has 0 spiro atoms. The molecular formula is C17H19NO4S. The van der Waals surface area contributed by atoms with Crippen LogP contribution in [0, 0.1) is 0 Å². The molecule has 0 bridgehead atoms. The Balaban J connectivity index is 2.02. The molecular weight excluding hydrogens is 314 g/mol. The van der Waals surface area contributed by atoms with Gasteiger partial charge in [-0.1, -0.05) is 42.5 Å². The van der Waals surface area contributed by atoms with Gasteiger partial charge >= 0.3 is 0 Å². The van der Waals surface area contributed by atoms with Crippen molar-refractivity contribution in [2.24, 2.45) is 0 Å². The van der Waals surface area contributed by atoms with E-state index in [1.165, 1.54) is 0 Å². The summed E-state index contributed by atoms with van der Waals surface area (Å²) in [5, 5.41) is 2.59. The minimum absolute atomic E-state index is 0.158. The van der Waals surface area contributed by atoms with Gasteiger partial charge in [0.15, 0.2) is 9.84 Å². The number of anilines is 1. The van der Waals surface area contributed by atoms with E-state index >= 15 is 0 Å². The summed E-state index contributed by atoms with van der Waals surface area (Å²) in [5.41, 5.74) is 1.13. The van der Waals surface area contributed by atoms with Gasteiger partial charge in [-0.3, -0.25) is 4.79 Å². The van der Waals surface area contributed by atoms with Crippen LogP contribution in [-0.4, -0.2) is 26.7 Å². The van der Waals surface area contributed by atoms with Gasteiger partial charge in [0.25, 0.3) is 0 Å². The average molecular weight is 333 g/mol. The van der Waals surface area contributed by atoms with E-state index in [0.29, 0.717) is 23.6 Å². The zero-order chi connectivity index (χ0) is 16.7. The summed E-state index contributed by atoms with van der Waals surface area (Å²) < 4.78 is 29.6. The third-order valence-corrected chi connectivity index (χ3v) is 4.52. The van der Waals surface area contributed by atoms with Crippen LogP contribution >= 0.6 is 0 Å². The van der Waals surface area contributed by atoms with E-state index in [-0.39, 0.29) is 5.75 Å². The Morgan fingerprint density at radius 2 is 1.70 bits per heavy atom. The van der Waals surface area contributed by atoms with Crippen molar-refractivity contribution in [2.75, 3.05) is 17.7 Å². The van der Waals surface area contributed by atoms with Gasteiger partial charge in [-0.25, -0.2) is 8.42 Å². The molecule has 0 aliphatic heterocycles. The number of ether oxygens (including phenoxy) is 1. The van der Waals surface area contributed by atoms with Crippen molar-refractivity contribution in [3.63, 3.8) is 0 Å². The monoisotopic (exact) mass is 333 g/mol. The van der Waals surface area contributed by atoms with Crippen molar-refractivity contribution >= 4 is 21.4 Å². The zero-order valence-corrected chi connectivity index (χ0v) is 13.7. The lowest BCUT2D eigenvalue weighted by Gasteiger charge is -2.11. The van der Waals surface area contributed by atoms with Crippen LogP contribution in [0.3, 0.4) is 0 Å². The Kier molecular flexibility index (Phi) is 5.76. The maximum absolute atomic E-state index is 12.1. The summed E-state index contributed by atoms with van der Waals surface area (Å²) in [6.07, 6.45) is 0. The second-order valence-corrected chi connectivity index (χ2v) is 7.06. The molecule has 0 heterocycles. The molecule has 0 atom stereocenters. The number of rotatable bonds is 7. The molecule has 2 rings (SSSR count). The molecule has 1 amide bonds. The third-order valence-electron chi connectivity index (χ3n) is 3.04. The number of hydrogen-bond acceptors (Lipinski definition) is 4. The maximum atomic E-state index is 12.1. The molecule has 0 unspecified atom stereocenters. The first-order valence-corrected chi connectivity index (χ1v) is 9.08. The van der Waals surface area contributed by atoms with Crippen LogP contribution in [0.5, 0.6) is 5.75 Å². The molecule has 0 fully saturated rings. The van der Waals surface area contributed by atoms with E-state index in [0.717, 1.165) is 0 Å². The molecule has 0 aliphatic carbocycles. The molecule has 1 N–H and O–H groups in total. The Morgan fingerprint density at radius 1 is 1.04 bits per heavy atom. The van der Waals surface area contributed by atoms with Gasteiger partial charge in [-0.05, 0) is 24.6 Å². The normalized spacial score (nSPS) is 11.0. The summed E-state index contributed by atoms with van der Waals surface area (Å²) >= 11 is 0. The third kappa shape index (κ3) is 5.41. The Labute approximate surface area is 136 Å². The molecule has 0 saturated carbocycles. The number of amides is 1. The summed E-state index contributed by atoms with van der Waals surface area (Å²) in [7, 11) is -3.53. The van der Waals surface area contributed by atoms with E-state index in [1.807, 2.05) is 13.0 Å². The highest BCUT2D eigenvalue weighted by Crippen LogP contribution is 2.23. The van der Waals surface area contributed by atoms with Crippen LogP contribution in [0.1, 0.15) is 12.5 Å². The molecule has 0 aliphatic rings. The largest absolute Gasteiger partial charge is 0.492 e. The van der Waals surface area contributed by atoms with Crippen LogP contribution in [-0.2, 0) is 20.4 Å². The summed E-state index contributed by atoms with van der Waals surface area (Å²) in [6.45, 7) is 2.29. The summed E-state index contributed by atoms with van der Waals surface area (Å²) in [5.74, 6) is -0.784. The SMILES string of the molecule is CCOc1ccccc1NC(=O)CS(=O)(=O)Cc1ccccc1. The molecule has 2 aromatic carbocycles. The van der Waals surface area contributed by atoms with Crippen molar-refractivity contribution in [3.05, 3.63) is 60.2 Å². The van der Waals surface area contributed by atoms with E-state index in [4.69, 9.17) is 4.74 Å². The van der Waals surface area contributed by atoms with Gasteiger partial charge in [-0.15, -0.1) is 0 Å². The van der Waals surface area contributed by atoms with E-state index in [1.54, 1.807) is 48.5 Å². The lowest BCUT2D eigenvalue weighted by atomic mass is 10.2. The molecule has 2 aromatic rings. The standard InChI is InChI=1S/C17H19NO4S/c1-2-22-16-11-7-6-10-15(16)18-17(19)13-23(20,21)12-14-8-4-3-5-9-14/h3-11H,2,12-13H2,1H3,(H,18,19). The van der Waals surface area contributed by atoms with Crippen molar-refractivity contribution in [2.45, 2.75) is 12.7 Å². The van der Waals surface area contributed by atoms with Crippen LogP contribution in [0.15, 0.2) is 54.6 Å². The summed E-state index contributed by atoms with van der Waals surface area (Å²) in [6, 6.07) is 15.7. The lowest BCUT2D eigenvalue weighted by Crippen LogP contribution is -2.24. The maximum Gasteiger partial charge on any atom is 0.239 e. The van der Waals surface area contributed by atoms with E-state index < -0.39 is 21.5 Å². The second-order valence-electron chi connectivity index (χ2n) is 5.00. The van der Waals surface area contributed by atoms with Gasteiger partial charge in [0.2, 0.25) is 5.91 Å². The average Bonchev–Trinajstić information content (AvgIpc) is 2.49. The molecule has 6 heteroatoms. The topological polar surface area (TPSA) is 72.5 Å². The van der Waals surface area contributed by atoms with Gasteiger partial charge in [0.1, 0.15) is 11.5 Å². The van der Waals surface area contributed by atoms with E-state index in [9.17, 15) is 13.2 Å². The van der Waals surface area contributed by atoms with Gasteiger partial charge in [0, 0.05) is 0 Å². The molecule has 0 aromatic heterocycles. The van der Waals surface area contributed by atoms with Gasteiger partial charge in [0.05, 0.1) is 18.0 Å². The highest BCUT2D eigenvalue weighted by Gasteiger charge is 2.18. The number of sulfone groups is 1. The highest BCUT2D eigenvalue weighted by atomic mass is 32.2. The fourth-order valence-electron chi connectivity index (χ4n) is 2.12. The number of carbonyl (C=O) groups is 1. The van der Waals surface area contributed by atoms with Crippen LogP contribution in [0.4, 0.5) is 5.69 Å². The first-order chi connectivity index (χ1) is 11.0. The minimum Gasteiger partial charge on any atom is -0.492 e. The van der Waals surface area contributed by atoms with Crippen molar-refractivity contribution in [1.82, 2.24) is 0 Å². The zero-order valence-electron chi connectivity index (χ0n) is 12.9. The fourth-order valence-corrected chi connectivity index (χ4v) is 3.39. The summed E-state index contributed by atoms with van der Waals surface area (Å²) in [4.78, 5) is 12.0. The Hall–Kier alpha value is -2.34. The molecule has 0 radical (unpaired) electrons. The first kappa shape index (κ1) is 17.0. The van der Waals surface area contributed by atoms with Crippen LogP contribution in [0.25, 0.3) is 0 Å². The van der Waals surface area contributed by atoms with Crippen LogP contribution in [0.2, 0.25) is 0 Å². The predicted octanol–water partition coefficient (Wildman–Crippen LogP) is 2.64. The van der Waals surface area contributed by atoms with Gasteiger partial charge < -0.3 is 10.1 Å². The number of benzene rings is 2. The number of para-hydroxylation sites is 2.